The average molecular weight is 294 g/mol. The van der Waals surface area contributed by atoms with Crippen LogP contribution in [-0.2, 0) is 0 Å². The molecule has 0 saturated heterocycles. The van der Waals surface area contributed by atoms with Gasteiger partial charge in [-0.25, -0.2) is 9.78 Å². The Kier molecular flexibility index (Phi) is 3.39. The molecule has 0 radical (unpaired) electrons. The van der Waals surface area contributed by atoms with E-state index in [0.717, 1.165) is 4.47 Å². The van der Waals surface area contributed by atoms with Gasteiger partial charge in [-0.15, -0.1) is 0 Å². The molecule has 0 atom stereocenters. The van der Waals surface area contributed by atoms with Gasteiger partial charge in [0.15, 0.2) is 11.4 Å². The number of carboxylic acids is 1. The van der Waals surface area contributed by atoms with E-state index in [2.05, 4.69) is 20.9 Å². The van der Waals surface area contributed by atoms with Crippen molar-refractivity contribution in [2.75, 3.05) is 0 Å². The van der Waals surface area contributed by atoms with E-state index in [4.69, 9.17) is 9.84 Å². The van der Waals surface area contributed by atoms with Crippen LogP contribution < -0.4 is 4.74 Å². The second kappa shape index (κ2) is 4.97. The third kappa shape index (κ3) is 2.62. The number of nitrogens with zero attached hydrogens (tertiary/aromatic N) is 1. The molecule has 0 spiro atoms. The van der Waals surface area contributed by atoms with E-state index in [9.17, 15) is 4.79 Å². The number of carbonyl (C=O) groups is 1. The first-order valence-electron chi connectivity index (χ1n) is 4.79. The van der Waals surface area contributed by atoms with Gasteiger partial charge in [0.05, 0.1) is 4.47 Å². The third-order valence-corrected chi connectivity index (χ3v) is 2.68. The van der Waals surface area contributed by atoms with Gasteiger partial charge in [-0.05, 0) is 40.2 Å². The Bertz CT molecular complexity index is 557. The number of benzene rings is 1. The fraction of sp³-hybridized carbons (Fsp3) is 0. The number of aromatic nitrogens is 1. The van der Waals surface area contributed by atoms with E-state index < -0.39 is 5.97 Å². The number of hydrogen-bond acceptors (Lipinski definition) is 3. The maximum atomic E-state index is 10.9. The van der Waals surface area contributed by atoms with Gasteiger partial charge < -0.3 is 9.84 Å². The highest BCUT2D eigenvalue weighted by Gasteiger charge is 2.13. The summed E-state index contributed by atoms with van der Waals surface area (Å²) < 4.78 is 6.26. The van der Waals surface area contributed by atoms with Crippen LogP contribution in [0.3, 0.4) is 0 Å². The maximum absolute atomic E-state index is 10.9. The van der Waals surface area contributed by atoms with Crippen molar-refractivity contribution in [2.45, 2.75) is 0 Å². The Morgan fingerprint density at radius 1 is 1.18 bits per heavy atom. The number of rotatable bonds is 3. The summed E-state index contributed by atoms with van der Waals surface area (Å²) in [5, 5.41) is 8.96. The average Bonchev–Trinajstić information content (AvgIpc) is 2.32. The van der Waals surface area contributed by atoms with Crippen LogP contribution in [0.15, 0.2) is 47.1 Å². The standard InChI is InChI=1S/C12H8BrNO3/c13-8-4-1-2-5-9(8)17-10-6-3-7-14-11(10)12(15)16/h1-7H,(H,15,16). The number of ether oxygens (including phenoxy) is 1. The Morgan fingerprint density at radius 3 is 2.59 bits per heavy atom. The van der Waals surface area contributed by atoms with Crippen molar-refractivity contribution < 1.29 is 14.6 Å². The summed E-state index contributed by atoms with van der Waals surface area (Å²) in [6, 6.07) is 10.4. The summed E-state index contributed by atoms with van der Waals surface area (Å²) in [6.07, 6.45) is 1.41. The zero-order valence-corrected chi connectivity index (χ0v) is 10.2. The molecule has 0 saturated carbocycles. The highest BCUT2D eigenvalue weighted by molar-refractivity contribution is 9.10. The second-order valence-electron chi connectivity index (χ2n) is 3.19. The monoisotopic (exact) mass is 293 g/mol. The van der Waals surface area contributed by atoms with Gasteiger partial charge in [0.1, 0.15) is 5.75 Å². The number of aromatic carboxylic acids is 1. The summed E-state index contributed by atoms with van der Waals surface area (Å²) >= 11 is 3.32. The van der Waals surface area contributed by atoms with Gasteiger partial charge >= 0.3 is 5.97 Å². The van der Waals surface area contributed by atoms with Crippen molar-refractivity contribution >= 4 is 21.9 Å². The lowest BCUT2D eigenvalue weighted by atomic mass is 10.3. The van der Waals surface area contributed by atoms with Gasteiger partial charge in [0.25, 0.3) is 0 Å². The highest BCUT2D eigenvalue weighted by atomic mass is 79.9. The zero-order valence-electron chi connectivity index (χ0n) is 8.63. The van der Waals surface area contributed by atoms with Crippen molar-refractivity contribution in [3.63, 3.8) is 0 Å². The van der Waals surface area contributed by atoms with Crippen LogP contribution in [0.2, 0.25) is 0 Å². The SMILES string of the molecule is O=C(O)c1ncccc1Oc1ccccc1Br. The lowest BCUT2D eigenvalue weighted by Gasteiger charge is -2.08. The minimum absolute atomic E-state index is 0.108. The Balaban J connectivity index is 2.37. The van der Waals surface area contributed by atoms with Crippen LogP contribution in [0.25, 0.3) is 0 Å². The van der Waals surface area contributed by atoms with Gasteiger partial charge in [-0.2, -0.15) is 0 Å². The minimum atomic E-state index is -1.12. The minimum Gasteiger partial charge on any atom is -0.476 e. The molecule has 4 nitrogen and oxygen atoms in total. The number of pyridine rings is 1. The summed E-state index contributed by atoms with van der Waals surface area (Å²) in [5.41, 5.74) is -0.108. The molecule has 1 aromatic heterocycles. The summed E-state index contributed by atoms with van der Waals surface area (Å²) in [5.74, 6) is -0.359. The smallest absolute Gasteiger partial charge is 0.358 e. The number of halogens is 1. The molecule has 17 heavy (non-hydrogen) atoms. The summed E-state index contributed by atoms with van der Waals surface area (Å²) in [4.78, 5) is 14.7. The number of hydrogen-bond donors (Lipinski definition) is 1. The van der Waals surface area contributed by atoms with Crippen molar-refractivity contribution in [2.24, 2.45) is 0 Å². The predicted octanol–water partition coefficient (Wildman–Crippen LogP) is 3.33. The highest BCUT2D eigenvalue weighted by Crippen LogP contribution is 2.30. The lowest BCUT2D eigenvalue weighted by molar-refractivity contribution is 0.0687. The quantitative estimate of drug-likeness (QED) is 0.943. The van der Waals surface area contributed by atoms with Gasteiger partial charge in [0, 0.05) is 6.20 Å². The van der Waals surface area contributed by atoms with Crippen molar-refractivity contribution in [3.05, 3.63) is 52.8 Å². The molecular weight excluding hydrogens is 286 g/mol. The molecule has 5 heteroatoms. The molecular formula is C12H8BrNO3. The molecule has 2 aromatic rings. The molecule has 1 N–H and O–H groups in total. The van der Waals surface area contributed by atoms with E-state index in [1.54, 1.807) is 24.3 Å². The van der Waals surface area contributed by atoms with Crippen molar-refractivity contribution in [1.82, 2.24) is 4.98 Å². The first kappa shape index (κ1) is 11.6. The molecule has 0 bridgehead atoms. The van der Waals surface area contributed by atoms with Crippen LogP contribution in [0.5, 0.6) is 11.5 Å². The molecule has 0 aliphatic rings. The van der Waals surface area contributed by atoms with E-state index in [1.807, 2.05) is 12.1 Å². The van der Waals surface area contributed by atoms with Crippen LogP contribution >= 0.6 is 15.9 Å². The fourth-order valence-electron chi connectivity index (χ4n) is 1.28. The maximum Gasteiger partial charge on any atom is 0.358 e. The Labute approximate surface area is 106 Å². The van der Waals surface area contributed by atoms with Crippen LogP contribution in [0, 0.1) is 0 Å². The first-order valence-corrected chi connectivity index (χ1v) is 5.58. The van der Waals surface area contributed by atoms with Crippen molar-refractivity contribution in [3.8, 4) is 11.5 Å². The number of carboxylic acid groups (broad SMARTS) is 1. The summed E-state index contributed by atoms with van der Waals surface area (Å²) in [7, 11) is 0. The van der Waals surface area contributed by atoms with Crippen molar-refractivity contribution in [1.29, 1.82) is 0 Å². The van der Waals surface area contributed by atoms with E-state index in [0.29, 0.717) is 5.75 Å². The molecule has 0 aliphatic carbocycles. The fourth-order valence-corrected chi connectivity index (χ4v) is 1.65. The van der Waals surface area contributed by atoms with Crippen LogP contribution in [-0.4, -0.2) is 16.1 Å². The van der Waals surface area contributed by atoms with Gasteiger partial charge in [0.2, 0.25) is 0 Å². The molecule has 86 valence electrons. The van der Waals surface area contributed by atoms with E-state index in [-0.39, 0.29) is 11.4 Å². The zero-order chi connectivity index (χ0) is 12.3. The van der Waals surface area contributed by atoms with Crippen LogP contribution in [0.1, 0.15) is 10.5 Å². The lowest BCUT2D eigenvalue weighted by Crippen LogP contribution is -2.02. The third-order valence-electron chi connectivity index (χ3n) is 2.03. The largest absolute Gasteiger partial charge is 0.476 e. The molecule has 0 amide bonds. The molecule has 2 rings (SSSR count). The topological polar surface area (TPSA) is 59.4 Å². The molecule has 0 unspecified atom stereocenters. The summed E-state index contributed by atoms with van der Waals surface area (Å²) in [6.45, 7) is 0. The Hall–Kier alpha value is -1.88. The Morgan fingerprint density at radius 2 is 1.88 bits per heavy atom. The number of para-hydroxylation sites is 1. The predicted molar refractivity (Wildman–Crippen MR) is 65.4 cm³/mol. The van der Waals surface area contributed by atoms with Crippen LogP contribution in [0.4, 0.5) is 0 Å². The van der Waals surface area contributed by atoms with Gasteiger partial charge in [-0.1, -0.05) is 12.1 Å². The first-order chi connectivity index (χ1) is 8.18. The normalized spacial score (nSPS) is 9.94. The van der Waals surface area contributed by atoms with E-state index >= 15 is 0 Å². The molecule has 1 heterocycles. The van der Waals surface area contributed by atoms with Gasteiger partial charge in [-0.3, -0.25) is 0 Å². The molecule has 0 aliphatic heterocycles. The van der Waals surface area contributed by atoms with E-state index in [1.165, 1.54) is 6.20 Å². The molecule has 0 fully saturated rings. The second-order valence-corrected chi connectivity index (χ2v) is 4.04. The molecule has 1 aromatic carbocycles.